The third kappa shape index (κ3) is 2.71. The first-order valence-corrected chi connectivity index (χ1v) is 5.70. The van der Waals surface area contributed by atoms with Gasteiger partial charge in [0.1, 0.15) is 6.10 Å². The molecule has 0 aromatic heterocycles. The summed E-state index contributed by atoms with van der Waals surface area (Å²) in [6, 6.07) is 0. The minimum atomic E-state index is -0.824. The summed E-state index contributed by atoms with van der Waals surface area (Å²) in [6.45, 7) is 11.1. The van der Waals surface area contributed by atoms with Crippen LogP contribution in [0, 0.1) is 0 Å². The highest BCUT2D eigenvalue weighted by molar-refractivity contribution is 5.85. The van der Waals surface area contributed by atoms with Gasteiger partial charge in [0.05, 0.1) is 0 Å². The van der Waals surface area contributed by atoms with E-state index in [4.69, 9.17) is 9.47 Å². The maximum Gasteiger partial charge on any atom is 0.164 e. The Morgan fingerprint density at radius 2 is 1.81 bits per heavy atom. The second-order valence-electron chi connectivity index (χ2n) is 5.29. The first-order chi connectivity index (χ1) is 7.17. The average molecular weight is 226 g/mol. The van der Waals surface area contributed by atoms with Crippen LogP contribution in [0.1, 0.15) is 48.0 Å². The van der Waals surface area contributed by atoms with Crippen molar-refractivity contribution in [3.63, 3.8) is 0 Å². The molecule has 2 atom stereocenters. The topological polar surface area (TPSA) is 35.5 Å². The highest BCUT2D eigenvalue weighted by Gasteiger charge is 2.52. The number of Topliss-reactive ketones (excluding diaryl/α,β-unsaturated/α-hetero) is 1. The van der Waals surface area contributed by atoms with Crippen molar-refractivity contribution in [3.8, 4) is 0 Å². The van der Waals surface area contributed by atoms with E-state index in [9.17, 15) is 4.79 Å². The van der Waals surface area contributed by atoms with Crippen LogP contribution in [-0.2, 0) is 14.3 Å². The number of rotatable bonds is 3. The highest BCUT2D eigenvalue weighted by Crippen LogP contribution is 2.38. The lowest BCUT2D eigenvalue weighted by molar-refractivity contribution is -0.168. The van der Waals surface area contributed by atoms with Crippen molar-refractivity contribution in [1.29, 1.82) is 0 Å². The lowest BCUT2D eigenvalue weighted by Crippen LogP contribution is -2.43. The summed E-state index contributed by atoms with van der Waals surface area (Å²) in [7, 11) is 0. The molecule has 3 nitrogen and oxygen atoms in total. The molecule has 0 aromatic rings. The number of hydrogen-bond acceptors (Lipinski definition) is 3. The van der Waals surface area contributed by atoms with Crippen molar-refractivity contribution in [2.24, 2.45) is 0 Å². The Balaban J connectivity index is 2.89. The van der Waals surface area contributed by atoms with Crippen molar-refractivity contribution < 1.29 is 14.3 Å². The third-order valence-electron chi connectivity index (χ3n) is 2.94. The molecule has 16 heavy (non-hydrogen) atoms. The van der Waals surface area contributed by atoms with Gasteiger partial charge in [0.25, 0.3) is 0 Å². The number of ketones is 1. The van der Waals surface area contributed by atoms with Crippen LogP contribution >= 0.6 is 0 Å². The van der Waals surface area contributed by atoms with E-state index in [1.54, 1.807) is 6.92 Å². The van der Waals surface area contributed by atoms with Crippen LogP contribution in [0.3, 0.4) is 0 Å². The maximum atomic E-state index is 11.7. The number of hydrogen-bond donors (Lipinski definition) is 0. The van der Waals surface area contributed by atoms with Crippen molar-refractivity contribution in [1.82, 2.24) is 0 Å². The Kier molecular flexibility index (Phi) is 3.60. The summed E-state index contributed by atoms with van der Waals surface area (Å²) in [5.74, 6) is -0.661. The van der Waals surface area contributed by atoms with E-state index in [2.05, 4.69) is 6.08 Å². The van der Waals surface area contributed by atoms with Gasteiger partial charge in [-0.3, -0.25) is 4.79 Å². The van der Waals surface area contributed by atoms with Crippen LogP contribution in [0.4, 0.5) is 0 Å². The van der Waals surface area contributed by atoms with Gasteiger partial charge >= 0.3 is 0 Å². The molecule has 1 heterocycles. The van der Waals surface area contributed by atoms with Gasteiger partial charge in [-0.05, 0) is 48.0 Å². The summed E-state index contributed by atoms with van der Waals surface area (Å²) >= 11 is 0. The molecule has 0 aliphatic carbocycles. The largest absolute Gasteiger partial charge is 0.343 e. The minimum Gasteiger partial charge on any atom is -0.343 e. The molecule has 0 amide bonds. The van der Waals surface area contributed by atoms with E-state index >= 15 is 0 Å². The zero-order valence-electron chi connectivity index (χ0n) is 11.1. The lowest BCUT2D eigenvalue weighted by atomic mass is 9.92. The third-order valence-corrected chi connectivity index (χ3v) is 2.94. The first kappa shape index (κ1) is 13.4. The Bertz CT molecular complexity index is 313. The molecule has 1 aliphatic rings. The molecule has 0 bridgehead atoms. The summed E-state index contributed by atoms with van der Waals surface area (Å²) < 4.78 is 11.5. The molecular weight excluding hydrogens is 204 g/mol. The molecule has 92 valence electrons. The van der Waals surface area contributed by atoms with Gasteiger partial charge in [-0.2, -0.15) is 0 Å². The predicted molar refractivity (Wildman–Crippen MR) is 63.2 cm³/mol. The number of allylic oxidation sites excluding steroid dienone is 1. The summed E-state index contributed by atoms with van der Waals surface area (Å²) in [5.41, 5.74) is 0.398. The van der Waals surface area contributed by atoms with E-state index in [0.29, 0.717) is 6.42 Å². The fourth-order valence-electron chi connectivity index (χ4n) is 1.97. The molecule has 3 heteroatoms. The summed E-state index contributed by atoms with van der Waals surface area (Å²) in [5, 5.41) is 0. The molecule has 1 saturated heterocycles. The van der Waals surface area contributed by atoms with Crippen LogP contribution in [0.2, 0.25) is 0 Å². The Morgan fingerprint density at radius 1 is 1.25 bits per heavy atom. The molecule has 0 aromatic carbocycles. The van der Waals surface area contributed by atoms with Crippen LogP contribution in [0.5, 0.6) is 0 Å². The molecule has 1 rings (SSSR count). The second kappa shape index (κ2) is 4.30. The van der Waals surface area contributed by atoms with Crippen molar-refractivity contribution >= 4 is 5.78 Å². The van der Waals surface area contributed by atoms with Gasteiger partial charge in [-0.1, -0.05) is 11.6 Å². The van der Waals surface area contributed by atoms with Crippen molar-refractivity contribution in [2.75, 3.05) is 0 Å². The molecule has 0 radical (unpaired) electrons. The Labute approximate surface area is 97.8 Å². The lowest BCUT2D eigenvalue weighted by Gasteiger charge is -2.25. The Morgan fingerprint density at radius 3 is 2.25 bits per heavy atom. The standard InChI is InChI=1S/C13H22O3/c1-9(2)7-8-11-13(6,10(3)14)16-12(4,5)15-11/h7,11H,8H2,1-6H3/t11-,13+/m0/s1. The van der Waals surface area contributed by atoms with E-state index in [-0.39, 0.29) is 11.9 Å². The van der Waals surface area contributed by atoms with Crippen molar-refractivity contribution in [3.05, 3.63) is 11.6 Å². The molecular formula is C13H22O3. The van der Waals surface area contributed by atoms with Gasteiger partial charge in [0.15, 0.2) is 17.2 Å². The number of carbonyl (C=O) groups excluding carboxylic acids is 1. The van der Waals surface area contributed by atoms with Crippen LogP contribution in [0.25, 0.3) is 0 Å². The van der Waals surface area contributed by atoms with Gasteiger partial charge in [0.2, 0.25) is 0 Å². The number of carbonyl (C=O) groups is 1. The minimum absolute atomic E-state index is 0.0187. The van der Waals surface area contributed by atoms with Crippen LogP contribution < -0.4 is 0 Å². The molecule has 1 fully saturated rings. The van der Waals surface area contributed by atoms with E-state index in [0.717, 1.165) is 0 Å². The predicted octanol–water partition coefficient (Wildman–Crippen LogP) is 2.84. The molecule has 1 aliphatic heterocycles. The summed E-state index contributed by atoms with van der Waals surface area (Å²) in [4.78, 5) is 11.7. The quantitative estimate of drug-likeness (QED) is 0.694. The molecule has 0 spiro atoms. The zero-order valence-corrected chi connectivity index (χ0v) is 11.1. The normalized spacial score (nSPS) is 32.5. The van der Waals surface area contributed by atoms with Gasteiger partial charge in [0, 0.05) is 0 Å². The molecule has 0 N–H and O–H groups in total. The maximum absolute atomic E-state index is 11.7. The van der Waals surface area contributed by atoms with E-state index in [1.807, 2.05) is 34.6 Å². The van der Waals surface area contributed by atoms with Crippen molar-refractivity contribution in [2.45, 2.75) is 65.5 Å². The average Bonchev–Trinajstić information content (AvgIpc) is 2.34. The van der Waals surface area contributed by atoms with Crippen LogP contribution in [-0.4, -0.2) is 23.3 Å². The van der Waals surface area contributed by atoms with Gasteiger partial charge in [-0.15, -0.1) is 0 Å². The van der Waals surface area contributed by atoms with E-state index < -0.39 is 11.4 Å². The second-order valence-corrected chi connectivity index (χ2v) is 5.29. The van der Waals surface area contributed by atoms with Gasteiger partial charge < -0.3 is 9.47 Å². The first-order valence-electron chi connectivity index (χ1n) is 5.70. The van der Waals surface area contributed by atoms with Gasteiger partial charge in [-0.25, -0.2) is 0 Å². The van der Waals surface area contributed by atoms with E-state index in [1.165, 1.54) is 5.57 Å². The Hall–Kier alpha value is -0.670. The monoisotopic (exact) mass is 226 g/mol. The zero-order chi connectivity index (χ0) is 12.6. The molecule has 0 unspecified atom stereocenters. The summed E-state index contributed by atoms with van der Waals surface area (Å²) in [6.07, 6.45) is 2.59. The SMILES string of the molecule is CC(=O)[C@@]1(C)OC(C)(C)O[C@H]1CC=C(C)C. The fraction of sp³-hybridized carbons (Fsp3) is 0.769. The number of ether oxygens (including phenoxy) is 2. The smallest absolute Gasteiger partial charge is 0.164 e. The molecule has 0 saturated carbocycles. The highest BCUT2D eigenvalue weighted by atomic mass is 16.8. The fourth-order valence-corrected chi connectivity index (χ4v) is 1.97. The van der Waals surface area contributed by atoms with Crippen LogP contribution in [0.15, 0.2) is 11.6 Å².